The maximum absolute atomic E-state index is 13.4. The van der Waals surface area contributed by atoms with E-state index in [0.29, 0.717) is 18.0 Å². The van der Waals surface area contributed by atoms with E-state index in [2.05, 4.69) is 21.9 Å². The van der Waals surface area contributed by atoms with Crippen molar-refractivity contribution in [1.82, 2.24) is 24.8 Å². The zero-order valence-electron chi connectivity index (χ0n) is 18.5. The minimum atomic E-state index is -0.0903. The molecule has 2 fully saturated rings. The summed E-state index contributed by atoms with van der Waals surface area (Å²) in [6, 6.07) is 11.1. The molecule has 2 aliphatic heterocycles. The first-order valence-electron chi connectivity index (χ1n) is 11.5. The number of amides is 1. The molecular weight excluding hydrogens is 402 g/mol. The summed E-state index contributed by atoms with van der Waals surface area (Å²) >= 11 is 0. The number of likely N-dealkylation sites (tertiary alicyclic amines) is 2. The van der Waals surface area contributed by atoms with Gasteiger partial charge >= 0.3 is 0 Å². The number of benzene rings is 1. The number of H-pyrrole nitrogens is 1. The number of aromatic nitrogens is 3. The maximum atomic E-state index is 13.4. The van der Waals surface area contributed by atoms with E-state index < -0.39 is 0 Å². The van der Waals surface area contributed by atoms with Crippen molar-refractivity contribution < 1.29 is 4.79 Å². The van der Waals surface area contributed by atoms with Gasteiger partial charge in [0.1, 0.15) is 5.82 Å². The lowest BCUT2D eigenvalue weighted by atomic mass is 9.92. The third-order valence-electron chi connectivity index (χ3n) is 6.89. The van der Waals surface area contributed by atoms with Crippen molar-refractivity contribution in [3.8, 4) is 0 Å². The fraction of sp³-hybridized carbons (Fsp3) is 0.440. The third kappa shape index (κ3) is 4.17. The van der Waals surface area contributed by atoms with Gasteiger partial charge in [0, 0.05) is 48.1 Å². The summed E-state index contributed by atoms with van der Waals surface area (Å²) in [5, 5.41) is 0.876. The van der Waals surface area contributed by atoms with Gasteiger partial charge in [-0.2, -0.15) is 0 Å². The number of nitrogens with one attached hydrogen (secondary N) is 1. The number of hydrogen-bond donors (Lipinski definition) is 1. The number of nitrogens with zero attached hydrogens (tertiary/aromatic N) is 4. The fourth-order valence-corrected chi connectivity index (χ4v) is 5.04. The second kappa shape index (κ2) is 8.82. The molecule has 0 aliphatic carbocycles. The van der Waals surface area contributed by atoms with Gasteiger partial charge in [-0.1, -0.05) is 12.1 Å². The van der Waals surface area contributed by atoms with E-state index in [1.807, 2.05) is 35.2 Å². The first-order valence-corrected chi connectivity index (χ1v) is 11.5. The lowest BCUT2D eigenvalue weighted by Crippen LogP contribution is -2.39. The molecule has 1 atom stereocenters. The van der Waals surface area contributed by atoms with Crippen LogP contribution in [0.3, 0.4) is 0 Å². The molecule has 32 heavy (non-hydrogen) atoms. The molecule has 5 rings (SSSR count). The summed E-state index contributed by atoms with van der Waals surface area (Å²) in [6.07, 6.45) is 5.59. The minimum absolute atomic E-state index is 0.0219. The molecule has 0 radical (unpaired) electrons. The van der Waals surface area contributed by atoms with Gasteiger partial charge in [-0.3, -0.25) is 14.6 Å². The van der Waals surface area contributed by atoms with Gasteiger partial charge in [0.25, 0.3) is 11.5 Å². The Kier molecular flexibility index (Phi) is 5.74. The molecule has 0 bridgehead atoms. The summed E-state index contributed by atoms with van der Waals surface area (Å²) in [5.74, 6) is 1.20. The second-order valence-electron chi connectivity index (χ2n) is 9.10. The first kappa shape index (κ1) is 20.8. The Bertz CT molecular complexity index is 1180. The van der Waals surface area contributed by atoms with E-state index in [9.17, 15) is 9.59 Å². The molecular formula is C25H29N5O2. The van der Waals surface area contributed by atoms with Crippen LogP contribution in [0.5, 0.6) is 0 Å². The minimum Gasteiger partial charge on any atom is -0.338 e. The van der Waals surface area contributed by atoms with Crippen LogP contribution in [-0.2, 0) is 0 Å². The zero-order chi connectivity index (χ0) is 22.1. The highest BCUT2D eigenvalue weighted by atomic mass is 16.2. The summed E-state index contributed by atoms with van der Waals surface area (Å²) in [6.45, 7) is 3.34. The number of hydrogen-bond acceptors (Lipinski definition) is 5. The van der Waals surface area contributed by atoms with Crippen molar-refractivity contribution in [3.05, 3.63) is 70.0 Å². The van der Waals surface area contributed by atoms with E-state index in [4.69, 9.17) is 4.98 Å². The molecule has 7 nitrogen and oxygen atoms in total. The van der Waals surface area contributed by atoms with Crippen LogP contribution in [0.1, 0.15) is 59.4 Å². The fourth-order valence-electron chi connectivity index (χ4n) is 5.04. The lowest BCUT2D eigenvalue weighted by molar-refractivity contribution is 0.0707. The number of piperidine rings is 2. The summed E-state index contributed by atoms with van der Waals surface area (Å²) < 4.78 is 0. The van der Waals surface area contributed by atoms with Gasteiger partial charge in [0.2, 0.25) is 0 Å². The van der Waals surface area contributed by atoms with E-state index in [1.165, 1.54) is 0 Å². The number of aromatic amines is 1. The second-order valence-corrected chi connectivity index (χ2v) is 9.10. The van der Waals surface area contributed by atoms with Gasteiger partial charge in [-0.05, 0) is 64.0 Å². The summed E-state index contributed by atoms with van der Waals surface area (Å²) in [7, 11) is 2.13. The molecule has 0 spiro atoms. The molecule has 166 valence electrons. The van der Waals surface area contributed by atoms with Crippen LogP contribution in [0.4, 0.5) is 0 Å². The van der Waals surface area contributed by atoms with Crippen molar-refractivity contribution in [2.45, 2.75) is 37.5 Å². The van der Waals surface area contributed by atoms with E-state index >= 15 is 0 Å². The number of pyridine rings is 1. The molecule has 4 heterocycles. The van der Waals surface area contributed by atoms with E-state index in [1.54, 1.807) is 12.3 Å². The van der Waals surface area contributed by atoms with E-state index in [-0.39, 0.29) is 17.4 Å². The summed E-state index contributed by atoms with van der Waals surface area (Å²) in [4.78, 5) is 42.3. The predicted molar refractivity (Wildman–Crippen MR) is 124 cm³/mol. The monoisotopic (exact) mass is 431 g/mol. The van der Waals surface area contributed by atoms with Crippen LogP contribution in [-0.4, -0.2) is 63.9 Å². The Morgan fingerprint density at radius 1 is 1.06 bits per heavy atom. The lowest BCUT2D eigenvalue weighted by Gasteiger charge is -2.33. The van der Waals surface area contributed by atoms with Crippen molar-refractivity contribution in [2.24, 2.45) is 0 Å². The number of carbonyl (C=O) groups excluding carboxylic acids is 1. The molecule has 2 saturated heterocycles. The van der Waals surface area contributed by atoms with Gasteiger partial charge in [0.15, 0.2) is 0 Å². The van der Waals surface area contributed by atoms with Gasteiger partial charge in [0.05, 0.1) is 11.2 Å². The number of rotatable bonds is 3. The molecule has 0 saturated carbocycles. The van der Waals surface area contributed by atoms with Crippen molar-refractivity contribution in [1.29, 1.82) is 0 Å². The average Bonchev–Trinajstić information content (AvgIpc) is 2.83. The van der Waals surface area contributed by atoms with Crippen molar-refractivity contribution >= 4 is 16.8 Å². The van der Waals surface area contributed by atoms with Gasteiger partial charge in [-0.15, -0.1) is 0 Å². The number of carbonyl (C=O) groups is 1. The average molecular weight is 432 g/mol. The smallest absolute Gasteiger partial charge is 0.254 e. The van der Waals surface area contributed by atoms with Crippen LogP contribution >= 0.6 is 0 Å². The molecule has 1 amide bonds. The SMILES string of the molecule is CN1CCC(c2nc(C3CCCN(C(=O)c4cccc5ncccc45)C3)cc(=O)[nH]2)CC1. The topological polar surface area (TPSA) is 82.2 Å². The highest BCUT2D eigenvalue weighted by molar-refractivity contribution is 6.06. The van der Waals surface area contributed by atoms with Crippen LogP contribution in [0.25, 0.3) is 10.9 Å². The summed E-state index contributed by atoms with van der Waals surface area (Å²) in [5.41, 5.74) is 2.24. The zero-order valence-corrected chi connectivity index (χ0v) is 18.5. The van der Waals surface area contributed by atoms with Crippen molar-refractivity contribution in [2.75, 3.05) is 33.2 Å². The van der Waals surface area contributed by atoms with Crippen molar-refractivity contribution in [3.63, 3.8) is 0 Å². The standard InChI is InChI=1S/C25H29N5O2/c1-29-13-9-17(10-14-29)24-27-22(15-23(31)28-24)18-5-4-12-30(16-18)25(32)20-6-2-8-21-19(20)7-3-11-26-21/h2-3,6-8,11,15,17-18H,4-5,9-10,12-14,16H2,1H3,(H,27,28,31). The van der Waals surface area contributed by atoms with Crippen LogP contribution in [0, 0.1) is 0 Å². The molecule has 3 aromatic rings. The molecule has 2 aromatic heterocycles. The highest BCUT2D eigenvalue weighted by Crippen LogP contribution is 2.29. The predicted octanol–water partition coefficient (Wildman–Crippen LogP) is 3.15. The molecule has 2 aliphatic rings. The Hall–Kier alpha value is -3.06. The quantitative estimate of drug-likeness (QED) is 0.689. The van der Waals surface area contributed by atoms with Crippen LogP contribution in [0.15, 0.2) is 47.4 Å². The molecule has 7 heteroatoms. The Balaban J connectivity index is 1.38. The highest BCUT2D eigenvalue weighted by Gasteiger charge is 2.29. The Labute approximate surface area is 187 Å². The Morgan fingerprint density at radius 2 is 1.91 bits per heavy atom. The number of fused-ring (bicyclic) bond motifs is 1. The maximum Gasteiger partial charge on any atom is 0.254 e. The van der Waals surface area contributed by atoms with Gasteiger partial charge < -0.3 is 14.8 Å². The Morgan fingerprint density at radius 3 is 2.75 bits per heavy atom. The third-order valence-corrected chi connectivity index (χ3v) is 6.89. The normalized spacial score (nSPS) is 20.5. The van der Waals surface area contributed by atoms with E-state index in [0.717, 1.165) is 67.7 Å². The molecule has 1 unspecified atom stereocenters. The van der Waals surface area contributed by atoms with Crippen LogP contribution in [0.2, 0.25) is 0 Å². The van der Waals surface area contributed by atoms with Gasteiger partial charge in [-0.25, -0.2) is 4.98 Å². The first-order chi connectivity index (χ1) is 15.6. The molecule has 1 N–H and O–H groups in total. The molecule has 1 aromatic carbocycles. The largest absolute Gasteiger partial charge is 0.338 e. The van der Waals surface area contributed by atoms with Crippen LogP contribution < -0.4 is 5.56 Å².